The fourth-order valence-corrected chi connectivity index (χ4v) is 4.67. The summed E-state index contributed by atoms with van der Waals surface area (Å²) >= 11 is 8.88. The Morgan fingerprint density at radius 1 is 1.13 bits per heavy atom. The SMILES string of the molecule is CN(c1ccc(Cl)cn1)S(=O)(=O)c1cc(S(C)(=O)=O)ccc1Br. The molecule has 0 aliphatic heterocycles. The predicted octanol–water partition coefficient (Wildman–Crippen LogP) is 2.73. The first-order valence-corrected chi connectivity index (χ1v) is 10.6. The van der Waals surface area contributed by atoms with E-state index in [1.807, 2.05) is 0 Å². The van der Waals surface area contributed by atoms with Crippen LogP contribution in [0.4, 0.5) is 5.82 Å². The van der Waals surface area contributed by atoms with E-state index in [-0.39, 0.29) is 20.1 Å². The van der Waals surface area contributed by atoms with Crippen LogP contribution in [0.3, 0.4) is 0 Å². The normalized spacial score (nSPS) is 12.2. The Morgan fingerprint density at radius 2 is 1.78 bits per heavy atom. The highest BCUT2D eigenvalue weighted by Crippen LogP contribution is 2.29. The van der Waals surface area contributed by atoms with Crippen molar-refractivity contribution in [2.75, 3.05) is 17.6 Å². The second kappa shape index (κ2) is 6.39. The molecule has 2 rings (SSSR count). The van der Waals surface area contributed by atoms with Crippen molar-refractivity contribution in [1.82, 2.24) is 4.98 Å². The van der Waals surface area contributed by atoms with Crippen LogP contribution in [-0.4, -0.2) is 35.1 Å². The van der Waals surface area contributed by atoms with Gasteiger partial charge in [-0.2, -0.15) is 0 Å². The van der Waals surface area contributed by atoms with Gasteiger partial charge in [0.2, 0.25) is 0 Å². The summed E-state index contributed by atoms with van der Waals surface area (Å²) in [4.78, 5) is 3.70. The van der Waals surface area contributed by atoms with Gasteiger partial charge >= 0.3 is 0 Å². The summed E-state index contributed by atoms with van der Waals surface area (Å²) in [7, 11) is -6.21. The molecule has 0 aliphatic carbocycles. The fraction of sp³-hybridized carbons (Fsp3) is 0.154. The van der Waals surface area contributed by atoms with E-state index in [0.29, 0.717) is 5.02 Å². The van der Waals surface area contributed by atoms with Gasteiger partial charge in [0, 0.05) is 24.0 Å². The Hall–Kier alpha value is -1.16. The van der Waals surface area contributed by atoms with Crippen LogP contribution in [0.25, 0.3) is 0 Å². The molecule has 0 aliphatic rings. The number of hydrogen-bond donors (Lipinski definition) is 0. The first-order chi connectivity index (χ1) is 10.5. The molecule has 124 valence electrons. The third-order valence-corrected chi connectivity index (χ3v) is 7.09. The number of hydrogen-bond acceptors (Lipinski definition) is 5. The van der Waals surface area contributed by atoms with Crippen LogP contribution in [-0.2, 0) is 19.9 Å². The van der Waals surface area contributed by atoms with Crippen LogP contribution < -0.4 is 4.31 Å². The highest BCUT2D eigenvalue weighted by atomic mass is 79.9. The average molecular weight is 440 g/mol. The minimum Gasteiger partial charge on any atom is -0.253 e. The van der Waals surface area contributed by atoms with Crippen LogP contribution in [0.1, 0.15) is 0 Å². The van der Waals surface area contributed by atoms with Crippen molar-refractivity contribution in [2.45, 2.75) is 9.79 Å². The van der Waals surface area contributed by atoms with Crippen molar-refractivity contribution in [2.24, 2.45) is 0 Å². The summed E-state index contributed by atoms with van der Waals surface area (Å²) in [5, 5.41) is 0.375. The van der Waals surface area contributed by atoms with Gasteiger partial charge in [0.05, 0.1) is 9.92 Å². The van der Waals surface area contributed by atoms with Crippen LogP contribution in [0.2, 0.25) is 5.02 Å². The van der Waals surface area contributed by atoms with Gasteiger partial charge in [-0.05, 0) is 46.3 Å². The van der Waals surface area contributed by atoms with Gasteiger partial charge in [0.25, 0.3) is 10.0 Å². The molecule has 0 unspecified atom stereocenters. The molecule has 0 atom stereocenters. The number of benzene rings is 1. The van der Waals surface area contributed by atoms with Crippen molar-refractivity contribution in [3.63, 3.8) is 0 Å². The third-order valence-electron chi connectivity index (χ3n) is 3.00. The summed E-state index contributed by atoms with van der Waals surface area (Å²) < 4.78 is 50.0. The van der Waals surface area contributed by atoms with Gasteiger partial charge in [-0.15, -0.1) is 0 Å². The number of sulfone groups is 1. The molecule has 1 heterocycles. The van der Waals surface area contributed by atoms with E-state index in [1.54, 1.807) is 0 Å². The van der Waals surface area contributed by atoms with Crippen molar-refractivity contribution in [3.8, 4) is 0 Å². The van der Waals surface area contributed by atoms with Gasteiger partial charge in [-0.1, -0.05) is 11.6 Å². The van der Waals surface area contributed by atoms with Crippen LogP contribution in [0.5, 0.6) is 0 Å². The first-order valence-electron chi connectivity index (χ1n) is 6.13. The van der Waals surface area contributed by atoms with Gasteiger partial charge in [-0.3, -0.25) is 4.31 Å². The van der Waals surface area contributed by atoms with E-state index in [2.05, 4.69) is 20.9 Å². The number of nitrogens with zero attached hydrogens (tertiary/aromatic N) is 2. The predicted molar refractivity (Wildman–Crippen MR) is 92.1 cm³/mol. The first kappa shape index (κ1) is 18.2. The Balaban J connectivity index is 2.57. The number of anilines is 1. The maximum absolute atomic E-state index is 12.7. The lowest BCUT2D eigenvalue weighted by Gasteiger charge is -2.19. The molecule has 6 nitrogen and oxygen atoms in total. The second-order valence-corrected chi connectivity index (χ2v) is 9.92. The largest absolute Gasteiger partial charge is 0.266 e. The van der Waals surface area contributed by atoms with E-state index in [4.69, 9.17) is 11.6 Å². The lowest BCUT2D eigenvalue weighted by Crippen LogP contribution is -2.27. The van der Waals surface area contributed by atoms with Crippen molar-refractivity contribution in [1.29, 1.82) is 0 Å². The molecule has 23 heavy (non-hydrogen) atoms. The molecular weight excluding hydrogens is 428 g/mol. The fourth-order valence-electron chi connectivity index (χ4n) is 1.74. The lowest BCUT2D eigenvalue weighted by molar-refractivity contribution is 0.593. The van der Waals surface area contributed by atoms with Crippen molar-refractivity contribution in [3.05, 3.63) is 46.0 Å². The van der Waals surface area contributed by atoms with Crippen LogP contribution >= 0.6 is 27.5 Å². The molecule has 1 aromatic carbocycles. The van der Waals surface area contributed by atoms with E-state index in [0.717, 1.165) is 16.6 Å². The van der Waals surface area contributed by atoms with Crippen LogP contribution in [0.15, 0.2) is 50.8 Å². The number of rotatable bonds is 4. The minimum absolute atomic E-state index is 0.0864. The Kier molecular flexibility index (Phi) is 5.05. The monoisotopic (exact) mass is 438 g/mol. The summed E-state index contributed by atoms with van der Waals surface area (Å²) in [5.74, 6) is 0.158. The lowest BCUT2D eigenvalue weighted by atomic mass is 10.4. The molecule has 0 fully saturated rings. The number of halogens is 2. The molecule has 0 amide bonds. The zero-order chi connectivity index (χ0) is 17.4. The Bertz CT molecular complexity index is 944. The second-order valence-electron chi connectivity index (χ2n) is 4.67. The highest BCUT2D eigenvalue weighted by molar-refractivity contribution is 9.10. The molecule has 10 heteroatoms. The quantitative estimate of drug-likeness (QED) is 0.731. The third kappa shape index (κ3) is 3.85. The van der Waals surface area contributed by atoms with Gasteiger partial charge < -0.3 is 0 Å². The molecule has 2 aromatic rings. The molecule has 0 saturated carbocycles. The molecule has 0 saturated heterocycles. The van der Waals surface area contributed by atoms with E-state index in [1.165, 1.54) is 37.5 Å². The molecule has 0 bridgehead atoms. The molecule has 1 aromatic heterocycles. The van der Waals surface area contributed by atoms with E-state index in [9.17, 15) is 16.8 Å². The summed E-state index contributed by atoms with van der Waals surface area (Å²) in [6.07, 6.45) is 2.34. The Morgan fingerprint density at radius 3 is 2.30 bits per heavy atom. The number of pyridine rings is 1. The van der Waals surface area contributed by atoms with E-state index >= 15 is 0 Å². The molecule has 0 radical (unpaired) electrons. The summed E-state index contributed by atoms with van der Waals surface area (Å²) in [6, 6.07) is 6.79. The molecule has 0 N–H and O–H groups in total. The van der Waals surface area contributed by atoms with Gasteiger partial charge in [-0.25, -0.2) is 21.8 Å². The maximum atomic E-state index is 12.7. The maximum Gasteiger partial charge on any atom is 0.266 e. The zero-order valence-corrected chi connectivity index (χ0v) is 16.0. The highest BCUT2D eigenvalue weighted by Gasteiger charge is 2.26. The standard InChI is InChI=1S/C13H12BrClN2O4S2/c1-17(13-6-3-9(15)8-16-13)23(20,21)12-7-10(22(2,18)19)4-5-11(12)14/h3-8H,1-2H3. The van der Waals surface area contributed by atoms with Crippen LogP contribution in [0, 0.1) is 0 Å². The summed E-state index contributed by atoms with van der Waals surface area (Å²) in [6.45, 7) is 0. The minimum atomic E-state index is -4.00. The van der Waals surface area contributed by atoms with Gasteiger partial charge in [0.15, 0.2) is 9.84 Å². The topological polar surface area (TPSA) is 84.4 Å². The molecular formula is C13H12BrClN2O4S2. The zero-order valence-electron chi connectivity index (χ0n) is 12.1. The van der Waals surface area contributed by atoms with Crippen molar-refractivity contribution >= 4 is 53.2 Å². The van der Waals surface area contributed by atoms with E-state index < -0.39 is 19.9 Å². The average Bonchev–Trinajstić information content (AvgIpc) is 2.46. The summed E-state index contributed by atoms with van der Waals surface area (Å²) in [5.41, 5.74) is 0. The van der Waals surface area contributed by atoms with Crippen molar-refractivity contribution < 1.29 is 16.8 Å². The smallest absolute Gasteiger partial charge is 0.253 e. The Labute approximate surface area is 148 Å². The molecule has 0 spiro atoms. The number of sulfonamides is 1. The number of aromatic nitrogens is 1. The van der Waals surface area contributed by atoms with Gasteiger partial charge in [0.1, 0.15) is 10.7 Å².